The summed E-state index contributed by atoms with van der Waals surface area (Å²) >= 11 is 0. The van der Waals surface area contributed by atoms with Crippen LogP contribution in [-0.2, 0) is 0 Å². The number of likely N-dealkylation sites (tertiary alicyclic amines) is 1. The molecule has 0 aliphatic carbocycles. The highest BCUT2D eigenvalue weighted by Gasteiger charge is 2.34. The maximum atomic E-state index is 6.05. The van der Waals surface area contributed by atoms with E-state index in [1.165, 1.54) is 43.6 Å². The topological polar surface area (TPSA) is 32.5 Å². The molecule has 0 spiro atoms. The number of nitrogens with zero attached hydrogens (tertiary/aromatic N) is 2. The first-order valence-corrected chi connectivity index (χ1v) is 7.46. The van der Waals surface area contributed by atoms with Gasteiger partial charge in [-0.2, -0.15) is 0 Å². The molecule has 104 valence electrons. The standard InChI is InChI=1S/C16H25N3/c1-12-5-6-14(10-15(12)17)19-9-7-16-13(11-19)4-3-8-18(16)2/h5-6,10,13,16H,3-4,7-9,11,17H2,1-2H3. The summed E-state index contributed by atoms with van der Waals surface area (Å²) in [5, 5.41) is 0. The Bertz CT molecular complexity index is 457. The number of aryl methyl sites for hydroxylation is 1. The molecule has 2 saturated heterocycles. The lowest BCUT2D eigenvalue weighted by Gasteiger charge is -2.46. The van der Waals surface area contributed by atoms with Crippen LogP contribution >= 0.6 is 0 Å². The molecule has 3 rings (SSSR count). The second-order valence-electron chi connectivity index (χ2n) is 6.23. The Balaban J connectivity index is 1.75. The summed E-state index contributed by atoms with van der Waals surface area (Å²) in [6.45, 7) is 5.70. The average Bonchev–Trinajstić information content (AvgIpc) is 2.42. The zero-order valence-corrected chi connectivity index (χ0v) is 12.1. The first-order chi connectivity index (χ1) is 9.15. The van der Waals surface area contributed by atoms with Crippen LogP contribution in [0, 0.1) is 12.8 Å². The van der Waals surface area contributed by atoms with Crippen LogP contribution in [-0.4, -0.2) is 37.6 Å². The van der Waals surface area contributed by atoms with Gasteiger partial charge in [0.1, 0.15) is 0 Å². The van der Waals surface area contributed by atoms with Gasteiger partial charge in [0.25, 0.3) is 0 Å². The fourth-order valence-corrected chi connectivity index (χ4v) is 3.71. The molecule has 0 aromatic heterocycles. The van der Waals surface area contributed by atoms with Crippen molar-refractivity contribution in [2.75, 3.05) is 37.3 Å². The second kappa shape index (κ2) is 5.04. The van der Waals surface area contributed by atoms with Gasteiger partial charge in [-0.1, -0.05) is 6.07 Å². The predicted octanol–water partition coefficient (Wildman–Crippen LogP) is 2.50. The van der Waals surface area contributed by atoms with Crippen LogP contribution in [0.2, 0.25) is 0 Å². The lowest BCUT2D eigenvalue weighted by atomic mass is 9.84. The highest BCUT2D eigenvalue weighted by molar-refractivity contribution is 5.60. The van der Waals surface area contributed by atoms with Crippen LogP contribution in [0.25, 0.3) is 0 Å². The van der Waals surface area contributed by atoms with Crippen LogP contribution in [0.3, 0.4) is 0 Å². The Morgan fingerprint density at radius 3 is 2.84 bits per heavy atom. The van der Waals surface area contributed by atoms with E-state index in [-0.39, 0.29) is 0 Å². The van der Waals surface area contributed by atoms with E-state index in [1.54, 1.807) is 0 Å². The summed E-state index contributed by atoms with van der Waals surface area (Å²) in [7, 11) is 2.29. The fourth-order valence-electron chi connectivity index (χ4n) is 3.71. The average molecular weight is 259 g/mol. The number of benzene rings is 1. The molecule has 0 saturated carbocycles. The number of piperidine rings is 2. The lowest BCUT2D eigenvalue weighted by molar-refractivity contribution is 0.102. The van der Waals surface area contributed by atoms with Gasteiger partial charge < -0.3 is 15.5 Å². The minimum Gasteiger partial charge on any atom is -0.398 e. The van der Waals surface area contributed by atoms with Crippen LogP contribution in [0.15, 0.2) is 18.2 Å². The quantitative estimate of drug-likeness (QED) is 0.787. The molecule has 0 amide bonds. The fraction of sp³-hybridized carbons (Fsp3) is 0.625. The Morgan fingerprint density at radius 1 is 1.21 bits per heavy atom. The van der Waals surface area contributed by atoms with Gasteiger partial charge in [0.15, 0.2) is 0 Å². The molecule has 0 radical (unpaired) electrons. The zero-order valence-electron chi connectivity index (χ0n) is 12.1. The summed E-state index contributed by atoms with van der Waals surface area (Å²) < 4.78 is 0. The number of anilines is 2. The van der Waals surface area contributed by atoms with Gasteiger partial charge in [-0.05, 0) is 63.4 Å². The van der Waals surface area contributed by atoms with E-state index in [4.69, 9.17) is 5.73 Å². The van der Waals surface area contributed by atoms with Gasteiger partial charge in [-0.15, -0.1) is 0 Å². The number of rotatable bonds is 1. The van der Waals surface area contributed by atoms with E-state index in [9.17, 15) is 0 Å². The van der Waals surface area contributed by atoms with Gasteiger partial charge in [0.05, 0.1) is 0 Å². The van der Waals surface area contributed by atoms with Gasteiger partial charge in [0, 0.05) is 30.5 Å². The van der Waals surface area contributed by atoms with Crippen molar-refractivity contribution in [3.8, 4) is 0 Å². The van der Waals surface area contributed by atoms with Crippen molar-refractivity contribution in [1.82, 2.24) is 4.90 Å². The minimum atomic E-state index is 0.799. The molecule has 2 heterocycles. The van der Waals surface area contributed by atoms with Crippen molar-refractivity contribution >= 4 is 11.4 Å². The second-order valence-corrected chi connectivity index (χ2v) is 6.23. The summed E-state index contributed by atoms with van der Waals surface area (Å²) in [4.78, 5) is 5.09. The summed E-state index contributed by atoms with van der Waals surface area (Å²) in [6.07, 6.45) is 4.02. The monoisotopic (exact) mass is 259 g/mol. The highest BCUT2D eigenvalue weighted by Crippen LogP contribution is 2.32. The lowest BCUT2D eigenvalue weighted by Crippen LogP contribution is -2.52. The van der Waals surface area contributed by atoms with E-state index in [1.807, 2.05) is 0 Å². The predicted molar refractivity (Wildman–Crippen MR) is 81.6 cm³/mol. The third-order valence-electron chi connectivity index (χ3n) is 4.97. The smallest absolute Gasteiger partial charge is 0.0387 e. The third-order valence-corrected chi connectivity index (χ3v) is 4.97. The van der Waals surface area contributed by atoms with E-state index in [0.717, 1.165) is 24.2 Å². The molecule has 3 heteroatoms. The largest absolute Gasteiger partial charge is 0.398 e. The van der Waals surface area contributed by atoms with Crippen LogP contribution in [0.5, 0.6) is 0 Å². The van der Waals surface area contributed by atoms with Crippen molar-refractivity contribution < 1.29 is 0 Å². The Kier molecular flexibility index (Phi) is 3.40. The molecule has 2 aliphatic heterocycles. The molecule has 2 aliphatic rings. The molecule has 2 fully saturated rings. The normalized spacial score (nSPS) is 28.2. The molecular weight excluding hydrogens is 234 g/mol. The van der Waals surface area contributed by atoms with Crippen molar-refractivity contribution in [3.63, 3.8) is 0 Å². The first-order valence-electron chi connectivity index (χ1n) is 7.46. The van der Waals surface area contributed by atoms with Crippen molar-refractivity contribution in [2.24, 2.45) is 5.92 Å². The Labute approximate surface area is 116 Å². The molecule has 3 nitrogen and oxygen atoms in total. The maximum Gasteiger partial charge on any atom is 0.0387 e. The Morgan fingerprint density at radius 2 is 2.05 bits per heavy atom. The molecular formula is C16H25N3. The van der Waals surface area contributed by atoms with Gasteiger partial charge in [-0.25, -0.2) is 0 Å². The number of nitrogens with two attached hydrogens (primary N) is 1. The van der Waals surface area contributed by atoms with Crippen LogP contribution < -0.4 is 10.6 Å². The summed E-state index contributed by atoms with van der Waals surface area (Å²) in [5.74, 6) is 0.829. The molecule has 1 aromatic rings. The molecule has 2 atom stereocenters. The van der Waals surface area contributed by atoms with E-state index >= 15 is 0 Å². The minimum absolute atomic E-state index is 0.799. The number of hydrogen-bond acceptors (Lipinski definition) is 3. The van der Waals surface area contributed by atoms with Gasteiger partial charge in [0.2, 0.25) is 0 Å². The zero-order chi connectivity index (χ0) is 13.4. The van der Waals surface area contributed by atoms with Crippen molar-refractivity contribution in [2.45, 2.75) is 32.2 Å². The third kappa shape index (κ3) is 2.44. The summed E-state index contributed by atoms with van der Waals surface area (Å²) in [5.41, 5.74) is 9.44. The molecule has 2 N–H and O–H groups in total. The maximum absolute atomic E-state index is 6.05. The van der Waals surface area contributed by atoms with E-state index < -0.39 is 0 Å². The van der Waals surface area contributed by atoms with E-state index in [2.05, 4.69) is 42.0 Å². The van der Waals surface area contributed by atoms with Crippen molar-refractivity contribution in [1.29, 1.82) is 0 Å². The molecule has 0 bridgehead atoms. The van der Waals surface area contributed by atoms with Crippen LogP contribution in [0.1, 0.15) is 24.8 Å². The van der Waals surface area contributed by atoms with Crippen molar-refractivity contribution in [3.05, 3.63) is 23.8 Å². The number of nitrogen functional groups attached to an aromatic ring is 1. The van der Waals surface area contributed by atoms with Gasteiger partial charge in [-0.3, -0.25) is 0 Å². The van der Waals surface area contributed by atoms with Crippen LogP contribution in [0.4, 0.5) is 11.4 Å². The van der Waals surface area contributed by atoms with E-state index in [0.29, 0.717) is 0 Å². The number of hydrogen-bond donors (Lipinski definition) is 1. The SMILES string of the molecule is Cc1ccc(N2CCC3C(CCCN3C)C2)cc1N. The molecule has 19 heavy (non-hydrogen) atoms. The number of fused-ring (bicyclic) bond motifs is 1. The Hall–Kier alpha value is -1.22. The van der Waals surface area contributed by atoms with Gasteiger partial charge >= 0.3 is 0 Å². The molecule has 2 unspecified atom stereocenters. The summed E-state index contributed by atoms with van der Waals surface area (Å²) in [6, 6.07) is 7.30. The molecule has 1 aromatic carbocycles. The highest BCUT2D eigenvalue weighted by atomic mass is 15.2. The first kappa shape index (κ1) is 12.8.